The van der Waals surface area contributed by atoms with Gasteiger partial charge >= 0.3 is 0 Å². The molecule has 1 aromatic carbocycles. The first-order valence-electron chi connectivity index (χ1n) is 6.24. The van der Waals surface area contributed by atoms with Crippen molar-refractivity contribution in [1.29, 1.82) is 0 Å². The minimum atomic E-state index is -0.435. The molecule has 1 amide bonds. The Labute approximate surface area is 115 Å². The van der Waals surface area contributed by atoms with E-state index in [2.05, 4.69) is 15.0 Å². The highest BCUT2D eigenvalue weighted by Gasteiger charge is 2.16. The van der Waals surface area contributed by atoms with Crippen molar-refractivity contribution in [3.63, 3.8) is 0 Å². The zero-order chi connectivity index (χ0) is 14.4. The second kappa shape index (κ2) is 4.19. The van der Waals surface area contributed by atoms with Gasteiger partial charge in [-0.3, -0.25) is 4.79 Å². The topological polar surface area (TPSA) is 87.9 Å². The van der Waals surface area contributed by atoms with E-state index in [-0.39, 0.29) is 0 Å². The molecule has 0 atom stereocenters. The lowest BCUT2D eigenvalue weighted by Crippen LogP contribution is -2.12. The summed E-state index contributed by atoms with van der Waals surface area (Å²) in [6.07, 6.45) is 1.78. The quantitative estimate of drug-likeness (QED) is 0.739. The van der Waals surface area contributed by atoms with Crippen LogP contribution in [0.5, 0.6) is 0 Å². The van der Waals surface area contributed by atoms with Gasteiger partial charge in [0, 0.05) is 36.8 Å². The normalized spacial score (nSPS) is 11.2. The largest absolute Gasteiger partial charge is 0.366 e. The van der Waals surface area contributed by atoms with Crippen molar-refractivity contribution in [2.24, 2.45) is 5.73 Å². The minimum absolute atomic E-state index is 0.435. The summed E-state index contributed by atoms with van der Waals surface area (Å²) in [4.78, 5) is 25.4. The first kappa shape index (κ1) is 12.4. The number of H-pyrrole nitrogens is 1. The molecule has 3 N–H and O–H groups in total. The molecule has 0 radical (unpaired) electrons. The number of primary amides is 1. The number of rotatable bonds is 2. The van der Waals surface area contributed by atoms with E-state index in [1.165, 1.54) is 0 Å². The average molecular weight is 269 g/mol. The molecule has 3 aromatic rings. The second-order valence-electron chi connectivity index (χ2n) is 4.98. The zero-order valence-corrected chi connectivity index (χ0v) is 11.6. The van der Waals surface area contributed by atoms with Crippen LogP contribution in [-0.2, 0) is 0 Å². The van der Waals surface area contributed by atoms with E-state index in [4.69, 9.17) is 5.73 Å². The number of carbonyl (C=O) groups excluding carboxylic acids is 1. The van der Waals surface area contributed by atoms with Crippen LogP contribution in [0.3, 0.4) is 0 Å². The molecule has 20 heavy (non-hydrogen) atoms. The Kier molecular flexibility index (Phi) is 2.60. The Bertz CT molecular complexity index is 834. The van der Waals surface area contributed by atoms with Gasteiger partial charge in [0.15, 0.2) is 0 Å². The first-order chi connectivity index (χ1) is 9.49. The van der Waals surface area contributed by atoms with Crippen LogP contribution in [0.2, 0.25) is 0 Å². The second-order valence-corrected chi connectivity index (χ2v) is 4.98. The lowest BCUT2D eigenvalue weighted by molar-refractivity contribution is 0.100. The Morgan fingerprint density at radius 3 is 2.75 bits per heavy atom. The maximum atomic E-state index is 11.6. The van der Waals surface area contributed by atoms with Gasteiger partial charge in [-0.1, -0.05) is 12.1 Å². The van der Waals surface area contributed by atoms with Crippen molar-refractivity contribution in [3.05, 3.63) is 29.6 Å². The van der Waals surface area contributed by atoms with Crippen LogP contribution in [0.25, 0.3) is 21.8 Å². The van der Waals surface area contributed by atoms with E-state index < -0.39 is 5.91 Å². The number of aromatic amines is 1. The van der Waals surface area contributed by atoms with Crippen LogP contribution < -0.4 is 10.6 Å². The maximum Gasteiger partial charge on any atom is 0.251 e. The van der Waals surface area contributed by atoms with Crippen LogP contribution in [0.15, 0.2) is 18.3 Å². The van der Waals surface area contributed by atoms with Gasteiger partial charge in [-0.05, 0) is 6.92 Å². The summed E-state index contributed by atoms with van der Waals surface area (Å²) in [6.45, 7) is 1.83. The summed E-state index contributed by atoms with van der Waals surface area (Å²) in [5.74, 6) is 0.188. The van der Waals surface area contributed by atoms with Gasteiger partial charge in [0.2, 0.25) is 5.95 Å². The van der Waals surface area contributed by atoms with Gasteiger partial charge in [-0.15, -0.1) is 0 Å². The molecule has 2 aromatic heterocycles. The standard InChI is InChI=1S/C14H15N5O/c1-7-10(13(15)20)9-5-4-8-6-16-14(19(2)3)18-11(8)12(9)17-7/h4-6,17H,1-3H3,(H2,15,20). The fourth-order valence-corrected chi connectivity index (χ4v) is 2.41. The summed E-state index contributed by atoms with van der Waals surface area (Å²) < 4.78 is 0. The zero-order valence-electron chi connectivity index (χ0n) is 11.6. The summed E-state index contributed by atoms with van der Waals surface area (Å²) in [5.41, 5.74) is 8.33. The van der Waals surface area contributed by atoms with Gasteiger partial charge in [0.25, 0.3) is 5.91 Å². The molecule has 0 aliphatic carbocycles. The number of fused-ring (bicyclic) bond motifs is 3. The van der Waals surface area contributed by atoms with Crippen molar-refractivity contribution in [3.8, 4) is 0 Å². The summed E-state index contributed by atoms with van der Waals surface area (Å²) in [7, 11) is 3.77. The lowest BCUT2D eigenvalue weighted by atomic mass is 10.1. The molecule has 3 rings (SSSR count). The first-order valence-corrected chi connectivity index (χ1v) is 6.24. The SMILES string of the molecule is Cc1[nH]c2c(ccc3cnc(N(C)C)nc32)c1C(N)=O. The fourth-order valence-electron chi connectivity index (χ4n) is 2.41. The van der Waals surface area contributed by atoms with E-state index in [9.17, 15) is 4.79 Å². The molecule has 0 unspecified atom stereocenters. The molecule has 6 nitrogen and oxygen atoms in total. The summed E-state index contributed by atoms with van der Waals surface area (Å²) in [5, 5.41) is 1.71. The van der Waals surface area contributed by atoms with Gasteiger partial charge < -0.3 is 15.6 Å². The van der Waals surface area contributed by atoms with Crippen molar-refractivity contribution < 1.29 is 4.79 Å². The molecule has 0 fully saturated rings. The number of benzene rings is 1. The molecule has 102 valence electrons. The molecular weight excluding hydrogens is 254 g/mol. The lowest BCUT2D eigenvalue weighted by Gasteiger charge is -2.10. The van der Waals surface area contributed by atoms with Crippen LogP contribution in [-0.4, -0.2) is 35.0 Å². The number of hydrogen-bond acceptors (Lipinski definition) is 4. The van der Waals surface area contributed by atoms with E-state index in [1.54, 1.807) is 6.20 Å². The summed E-state index contributed by atoms with van der Waals surface area (Å²) >= 11 is 0. The molecule has 0 spiro atoms. The maximum absolute atomic E-state index is 11.6. The predicted octanol–water partition coefficient (Wildman–Crippen LogP) is 1.58. The number of nitrogens with zero attached hydrogens (tertiary/aromatic N) is 3. The number of anilines is 1. The van der Waals surface area contributed by atoms with Crippen LogP contribution in [0, 0.1) is 6.92 Å². The molecule has 2 heterocycles. The van der Waals surface area contributed by atoms with E-state index >= 15 is 0 Å². The van der Waals surface area contributed by atoms with Crippen molar-refractivity contribution in [1.82, 2.24) is 15.0 Å². The molecule has 0 bridgehead atoms. The third kappa shape index (κ3) is 1.69. The number of aryl methyl sites for hydroxylation is 1. The van der Waals surface area contributed by atoms with Crippen LogP contribution in [0.1, 0.15) is 16.1 Å². The Balaban J connectivity index is 2.43. The van der Waals surface area contributed by atoms with Crippen LogP contribution >= 0.6 is 0 Å². The smallest absolute Gasteiger partial charge is 0.251 e. The predicted molar refractivity (Wildman–Crippen MR) is 79.0 cm³/mol. The Morgan fingerprint density at radius 1 is 1.35 bits per heavy atom. The molecule has 6 heteroatoms. The van der Waals surface area contributed by atoms with Crippen molar-refractivity contribution in [2.75, 3.05) is 19.0 Å². The number of aromatic nitrogens is 3. The number of nitrogens with one attached hydrogen (secondary N) is 1. The molecule has 0 aliphatic heterocycles. The highest BCUT2D eigenvalue weighted by atomic mass is 16.1. The highest BCUT2D eigenvalue weighted by molar-refractivity contribution is 6.13. The Morgan fingerprint density at radius 2 is 2.10 bits per heavy atom. The number of nitrogens with two attached hydrogens (primary N) is 1. The van der Waals surface area contributed by atoms with Gasteiger partial charge in [0.1, 0.15) is 0 Å². The van der Waals surface area contributed by atoms with Crippen molar-refractivity contribution >= 4 is 33.7 Å². The Hall–Kier alpha value is -2.63. The fraction of sp³-hybridized carbons (Fsp3) is 0.214. The number of hydrogen-bond donors (Lipinski definition) is 2. The third-order valence-electron chi connectivity index (χ3n) is 3.34. The number of amides is 1. The van der Waals surface area contributed by atoms with Crippen molar-refractivity contribution in [2.45, 2.75) is 6.92 Å². The monoisotopic (exact) mass is 269 g/mol. The molecule has 0 saturated heterocycles. The van der Waals surface area contributed by atoms with E-state index in [0.717, 1.165) is 27.5 Å². The number of carbonyl (C=O) groups is 1. The minimum Gasteiger partial charge on any atom is -0.366 e. The molecular formula is C14H15N5O. The molecule has 0 saturated carbocycles. The van der Waals surface area contributed by atoms with Gasteiger partial charge in [-0.2, -0.15) is 0 Å². The van der Waals surface area contributed by atoms with E-state index in [1.807, 2.05) is 38.1 Å². The average Bonchev–Trinajstić information content (AvgIpc) is 2.74. The third-order valence-corrected chi connectivity index (χ3v) is 3.34. The van der Waals surface area contributed by atoms with Gasteiger partial charge in [0.05, 0.1) is 16.6 Å². The van der Waals surface area contributed by atoms with Gasteiger partial charge in [-0.25, -0.2) is 9.97 Å². The highest BCUT2D eigenvalue weighted by Crippen LogP contribution is 2.28. The molecule has 0 aliphatic rings. The van der Waals surface area contributed by atoms with E-state index in [0.29, 0.717) is 11.5 Å². The summed E-state index contributed by atoms with van der Waals surface area (Å²) in [6, 6.07) is 3.77. The van der Waals surface area contributed by atoms with Crippen LogP contribution in [0.4, 0.5) is 5.95 Å².